The van der Waals surface area contributed by atoms with Gasteiger partial charge >= 0.3 is 0 Å². The van der Waals surface area contributed by atoms with Gasteiger partial charge in [0.25, 0.3) is 0 Å². The van der Waals surface area contributed by atoms with E-state index in [9.17, 15) is 4.79 Å². The van der Waals surface area contributed by atoms with Crippen LogP contribution < -0.4 is 0 Å². The van der Waals surface area contributed by atoms with Gasteiger partial charge in [-0.15, -0.1) is 0 Å². The van der Waals surface area contributed by atoms with Crippen LogP contribution in [0.1, 0.15) is 110 Å². The first-order valence-corrected chi connectivity index (χ1v) is 14.8. The second-order valence-electron chi connectivity index (χ2n) is 14.7. The minimum absolute atomic E-state index is 0.0456. The van der Waals surface area contributed by atoms with Crippen LogP contribution in [0.3, 0.4) is 0 Å². The largest absolute Gasteiger partial charge is 0.299 e. The highest BCUT2D eigenvalue weighted by atomic mass is 16.1. The minimum Gasteiger partial charge on any atom is -0.299 e. The quantitative estimate of drug-likeness (QED) is 0.419. The number of fused-ring (bicyclic) bond motifs is 7. The molecule has 0 amide bonds. The van der Waals surface area contributed by atoms with Gasteiger partial charge in [0.05, 0.1) is 0 Å². The van der Waals surface area contributed by atoms with E-state index in [-0.39, 0.29) is 10.8 Å². The van der Waals surface area contributed by atoms with E-state index in [1.54, 1.807) is 5.57 Å². The molecular weight excluding hydrogens is 424 g/mol. The number of aryl methyl sites for hydroxylation is 1. The van der Waals surface area contributed by atoms with Crippen molar-refractivity contribution in [2.75, 3.05) is 0 Å². The lowest BCUT2D eigenvalue weighted by atomic mass is 9.36. The molecule has 1 heteroatoms. The molecule has 190 valence electrons. The van der Waals surface area contributed by atoms with E-state index < -0.39 is 0 Å². The third-order valence-corrected chi connectivity index (χ3v) is 13.2. The molecular formula is C34H48O. The molecule has 8 unspecified atom stereocenters. The summed E-state index contributed by atoms with van der Waals surface area (Å²) in [6, 6.07) is 9.28. The Morgan fingerprint density at radius 2 is 1.54 bits per heavy atom. The van der Waals surface area contributed by atoms with Gasteiger partial charge in [0.1, 0.15) is 5.78 Å². The summed E-state index contributed by atoms with van der Waals surface area (Å²) < 4.78 is 0. The van der Waals surface area contributed by atoms with Gasteiger partial charge in [0.2, 0.25) is 0 Å². The van der Waals surface area contributed by atoms with Gasteiger partial charge < -0.3 is 0 Å². The van der Waals surface area contributed by atoms with E-state index in [0.717, 1.165) is 23.7 Å². The molecule has 0 aromatic heterocycles. The third kappa shape index (κ3) is 3.15. The van der Waals surface area contributed by atoms with Gasteiger partial charge in [-0.1, -0.05) is 70.0 Å². The predicted octanol–water partition coefficient (Wildman–Crippen LogP) is 9.04. The smallest absolute Gasteiger partial charge is 0.136 e. The van der Waals surface area contributed by atoms with Crippen molar-refractivity contribution in [2.24, 2.45) is 51.2 Å². The van der Waals surface area contributed by atoms with Gasteiger partial charge in [-0.2, -0.15) is 0 Å². The molecule has 5 aliphatic rings. The molecule has 1 nitrogen and oxygen atoms in total. The molecule has 0 radical (unpaired) electrons. The number of carbonyl (C=O) groups is 1. The Bertz CT molecular complexity index is 1040. The van der Waals surface area contributed by atoms with E-state index in [1.807, 2.05) is 6.92 Å². The Balaban J connectivity index is 1.34. The van der Waals surface area contributed by atoms with Crippen LogP contribution in [-0.2, 0) is 4.79 Å². The summed E-state index contributed by atoms with van der Waals surface area (Å²) in [7, 11) is 0. The van der Waals surface area contributed by atoms with Crippen LogP contribution in [0.5, 0.6) is 0 Å². The van der Waals surface area contributed by atoms with Crippen LogP contribution in [-0.4, -0.2) is 5.78 Å². The molecule has 1 aromatic carbocycles. The maximum atomic E-state index is 12.9. The predicted molar refractivity (Wildman–Crippen MR) is 146 cm³/mol. The van der Waals surface area contributed by atoms with E-state index in [2.05, 4.69) is 65.0 Å². The van der Waals surface area contributed by atoms with E-state index >= 15 is 0 Å². The maximum absolute atomic E-state index is 12.9. The molecule has 0 bridgehead atoms. The Morgan fingerprint density at radius 1 is 0.800 bits per heavy atom. The molecule has 0 heterocycles. The number of hydrogen-bond donors (Lipinski definition) is 0. The fraction of sp³-hybridized carbons (Fsp3) is 0.735. The van der Waals surface area contributed by atoms with Crippen molar-refractivity contribution in [3.05, 3.63) is 41.5 Å². The van der Waals surface area contributed by atoms with Gasteiger partial charge in [0, 0.05) is 5.41 Å². The molecule has 0 N–H and O–H groups in total. The lowest BCUT2D eigenvalue weighted by Gasteiger charge is -2.68. The van der Waals surface area contributed by atoms with Crippen LogP contribution >= 0.6 is 0 Å². The molecule has 1 aromatic rings. The van der Waals surface area contributed by atoms with Crippen molar-refractivity contribution in [1.29, 1.82) is 0 Å². The molecule has 8 atom stereocenters. The van der Waals surface area contributed by atoms with Crippen LogP contribution in [0, 0.1) is 58.2 Å². The minimum atomic E-state index is 0.0456. The van der Waals surface area contributed by atoms with Crippen molar-refractivity contribution in [2.45, 2.75) is 106 Å². The van der Waals surface area contributed by atoms with Crippen molar-refractivity contribution in [1.82, 2.24) is 0 Å². The molecule has 0 spiro atoms. The first-order chi connectivity index (χ1) is 16.5. The first-order valence-electron chi connectivity index (χ1n) is 14.8. The van der Waals surface area contributed by atoms with Crippen molar-refractivity contribution < 1.29 is 4.79 Å². The standard InChI is InChI=1S/C34H48O/c1-22-9-11-24(12-10-22)26-15-19-33(6)29(31(26,3)4)17-20-32(5)27-16-21-34(23(2)35)18-7-8-28(34)25(27)13-14-30(32)33/h9-12,15,25,27-30H,7-8,13-14,16-21H2,1-6H3. The van der Waals surface area contributed by atoms with Crippen molar-refractivity contribution in [3.63, 3.8) is 0 Å². The number of allylic oxidation sites excluding steroid dienone is 2. The number of carbonyl (C=O) groups excluding carboxylic acids is 1. The highest BCUT2D eigenvalue weighted by molar-refractivity contribution is 5.83. The lowest BCUT2D eigenvalue weighted by Crippen LogP contribution is -2.61. The molecule has 5 aliphatic carbocycles. The fourth-order valence-corrected chi connectivity index (χ4v) is 11.7. The summed E-state index contributed by atoms with van der Waals surface area (Å²) in [5, 5.41) is 0. The highest BCUT2D eigenvalue weighted by Crippen LogP contribution is 2.73. The SMILES string of the molecule is CC(=O)C12CCCC1C1CCC3C(C)(CCC4C(C)(C)C(c5ccc(C)cc5)=CCC43C)C1CC2. The van der Waals surface area contributed by atoms with Crippen LogP contribution in [0.15, 0.2) is 30.3 Å². The highest BCUT2D eigenvalue weighted by Gasteiger charge is 2.65. The Kier molecular flexibility index (Phi) is 5.36. The zero-order chi connectivity index (χ0) is 24.8. The number of Topliss-reactive ketones (excluding diaryl/α,β-unsaturated/α-hetero) is 1. The lowest BCUT2D eigenvalue weighted by molar-refractivity contribution is -0.180. The number of ketones is 1. The summed E-state index contributed by atoms with van der Waals surface area (Å²) in [6.07, 6.45) is 15.7. The average molecular weight is 473 g/mol. The Hall–Kier alpha value is -1.37. The summed E-state index contributed by atoms with van der Waals surface area (Å²) in [4.78, 5) is 12.9. The van der Waals surface area contributed by atoms with Crippen LogP contribution in [0.2, 0.25) is 0 Å². The summed E-state index contributed by atoms with van der Waals surface area (Å²) in [5.41, 5.74) is 5.47. The monoisotopic (exact) mass is 472 g/mol. The van der Waals surface area contributed by atoms with E-state index in [0.29, 0.717) is 22.5 Å². The van der Waals surface area contributed by atoms with Gasteiger partial charge in [0.15, 0.2) is 0 Å². The van der Waals surface area contributed by atoms with Gasteiger partial charge in [-0.05, 0) is 129 Å². The summed E-state index contributed by atoms with van der Waals surface area (Å²) >= 11 is 0. The summed E-state index contributed by atoms with van der Waals surface area (Å²) in [6.45, 7) is 14.6. The zero-order valence-electron chi connectivity index (χ0n) is 23.3. The van der Waals surface area contributed by atoms with E-state index in [4.69, 9.17) is 0 Å². The average Bonchev–Trinajstić information content (AvgIpc) is 3.25. The Morgan fingerprint density at radius 3 is 2.26 bits per heavy atom. The number of benzene rings is 1. The normalized spacial score (nSPS) is 46.0. The van der Waals surface area contributed by atoms with Gasteiger partial charge in [-0.25, -0.2) is 0 Å². The molecule has 4 fully saturated rings. The maximum Gasteiger partial charge on any atom is 0.136 e. The van der Waals surface area contributed by atoms with Crippen molar-refractivity contribution >= 4 is 11.4 Å². The number of hydrogen-bond acceptors (Lipinski definition) is 1. The van der Waals surface area contributed by atoms with Gasteiger partial charge in [-0.3, -0.25) is 4.79 Å². The fourth-order valence-electron chi connectivity index (χ4n) is 11.7. The third-order valence-electron chi connectivity index (χ3n) is 13.2. The number of rotatable bonds is 2. The van der Waals surface area contributed by atoms with Crippen LogP contribution in [0.25, 0.3) is 5.57 Å². The molecule has 0 aliphatic heterocycles. The zero-order valence-corrected chi connectivity index (χ0v) is 23.3. The molecule has 35 heavy (non-hydrogen) atoms. The second-order valence-corrected chi connectivity index (χ2v) is 14.7. The van der Waals surface area contributed by atoms with Crippen LogP contribution in [0.4, 0.5) is 0 Å². The molecule has 4 saturated carbocycles. The summed E-state index contributed by atoms with van der Waals surface area (Å²) in [5.74, 6) is 4.39. The second kappa shape index (κ2) is 7.82. The molecule has 0 saturated heterocycles. The van der Waals surface area contributed by atoms with Crippen molar-refractivity contribution in [3.8, 4) is 0 Å². The molecule has 6 rings (SSSR count). The Labute approximate surface area is 214 Å². The van der Waals surface area contributed by atoms with E-state index in [1.165, 1.54) is 75.3 Å². The first kappa shape index (κ1) is 24.0. The topological polar surface area (TPSA) is 17.1 Å².